The van der Waals surface area contributed by atoms with Gasteiger partial charge in [0.1, 0.15) is 0 Å². The summed E-state index contributed by atoms with van der Waals surface area (Å²) in [6.07, 6.45) is 0. The maximum atomic E-state index is 11.5. The minimum atomic E-state index is -0.388. The fourth-order valence-electron chi connectivity index (χ4n) is 1.75. The zero-order chi connectivity index (χ0) is 15.4. The van der Waals surface area contributed by atoms with E-state index in [9.17, 15) is 4.79 Å². The van der Waals surface area contributed by atoms with Crippen LogP contribution in [-0.2, 0) is 11.3 Å². The van der Waals surface area contributed by atoms with E-state index in [1.807, 2.05) is 18.2 Å². The molecule has 0 radical (unpaired) electrons. The lowest BCUT2D eigenvalue weighted by Crippen LogP contribution is -2.04. The number of benzene rings is 2. The van der Waals surface area contributed by atoms with Crippen LogP contribution in [0.1, 0.15) is 15.9 Å². The Morgan fingerprint density at radius 1 is 1.19 bits per heavy atom. The van der Waals surface area contributed by atoms with Gasteiger partial charge in [-0.05, 0) is 67.8 Å². The van der Waals surface area contributed by atoms with Crippen LogP contribution in [0.2, 0.25) is 5.02 Å². The fourth-order valence-corrected chi connectivity index (χ4v) is 2.61. The zero-order valence-electron chi connectivity index (χ0n) is 11.1. The van der Waals surface area contributed by atoms with Crippen molar-refractivity contribution in [3.63, 3.8) is 0 Å². The van der Waals surface area contributed by atoms with Gasteiger partial charge in [0, 0.05) is 15.5 Å². The summed E-state index contributed by atoms with van der Waals surface area (Å²) >= 11 is 13.0. The van der Waals surface area contributed by atoms with Crippen LogP contribution < -0.4 is 5.32 Å². The average Bonchev–Trinajstić information content (AvgIpc) is 2.49. The Hall–Kier alpha value is -1.04. The third-order valence-electron chi connectivity index (χ3n) is 2.85. The number of hydrogen-bond donors (Lipinski definition) is 1. The number of rotatable bonds is 4. The fraction of sp³-hybridized carbons (Fsp3) is 0.133. The van der Waals surface area contributed by atoms with Crippen molar-refractivity contribution < 1.29 is 9.53 Å². The molecule has 2 aromatic rings. The summed E-state index contributed by atoms with van der Waals surface area (Å²) < 4.78 is 6.68. The molecule has 110 valence electrons. The summed E-state index contributed by atoms with van der Waals surface area (Å²) in [5.74, 6) is -0.388. The molecule has 3 nitrogen and oxygen atoms in total. The molecule has 0 amide bonds. The Balaban J connectivity index is 2.15. The van der Waals surface area contributed by atoms with E-state index in [1.165, 1.54) is 7.11 Å². The third-order valence-corrected chi connectivity index (χ3v) is 5.06. The highest BCUT2D eigenvalue weighted by atomic mass is 79.9. The second-order valence-electron chi connectivity index (χ2n) is 4.29. The van der Waals surface area contributed by atoms with Crippen LogP contribution in [0.3, 0.4) is 0 Å². The molecule has 0 fully saturated rings. The molecule has 0 spiro atoms. The van der Waals surface area contributed by atoms with Gasteiger partial charge in [-0.1, -0.05) is 17.7 Å². The van der Waals surface area contributed by atoms with Gasteiger partial charge in [-0.3, -0.25) is 0 Å². The lowest BCUT2D eigenvalue weighted by molar-refractivity contribution is 0.0601. The second kappa shape index (κ2) is 7.29. The molecular formula is C15H12Br2ClNO2. The molecule has 0 heterocycles. The second-order valence-corrected chi connectivity index (χ2v) is 6.40. The monoisotopic (exact) mass is 431 g/mol. The minimum Gasteiger partial charge on any atom is -0.465 e. The SMILES string of the molecule is COC(=O)c1ccc(Cl)c(NCc2ccc(Br)c(Br)c2)c1. The average molecular weight is 434 g/mol. The Kier molecular flexibility index (Phi) is 5.67. The van der Waals surface area contributed by atoms with Crippen LogP contribution >= 0.6 is 43.5 Å². The number of carbonyl (C=O) groups excluding carboxylic acids is 1. The van der Waals surface area contributed by atoms with Gasteiger partial charge in [0.2, 0.25) is 0 Å². The van der Waals surface area contributed by atoms with Gasteiger partial charge in [-0.2, -0.15) is 0 Å². The number of nitrogens with one attached hydrogen (secondary N) is 1. The van der Waals surface area contributed by atoms with E-state index in [1.54, 1.807) is 18.2 Å². The molecule has 2 aromatic carbocycles. The largest absolute Gasteiger partial charge is 0.465 e. The van der Waals surface area contributed by atoms with Gasteiger partial charge in [0.25, 0.3) is 0 Å². The minimum absolute atomic E-state index is 0.388. The van der Waals surface area contributed by atoms with Crippen LogP contribution in [-0.4, -0.2) is 13.1 Å². The van der Waals surface area contributed by atoms with Crippen molar-refractivity contribution in [3.8, 4) is 0 Å². The van der Waals surface area contributed by atoms with Crippen molar-refractivity contribution in [2.24, 2.45) is 0 Å². The Labute approximate surface area is 144 Å². The van der Waals surface area contributed by atoms with Gasteiger partial charge in [0.15, 0.2) is 0 Å². The van der Waals surface area contributed by atoms with E-state index in [-0.39, 0.29) is 5.97 Å². The Bertz CT molecular complexity index is 677. The molecule has 0 saturated carbocycles. The first-order valence-electron chi connectivity index (χ1n) is 6.07. The summed E-state index contributed by atoms with van der Waals surface area (Å²) in [4.78, 5) is 11.5. The van der Waals surface area contributed by atoms with E-state index in [2.05, 4.69) is 37.2 Å². The van der Waals surface area contributed by atoms with E-state index >= 15 is 0 Å². The van der Waals surface area contributed by atoms with E-state index in [4.69, 9.17) is 16.3 Å². The number of esters is 1. The predicted molar refractivity (Wildman–Crippen MR) is 92.0 cm³/mol. The molecule has 0 aliphatic heterocycles. The topological polar surface area (TPSA) is 38.3 Å². The van der Waals surface area contributed by atoms with Gasteiger partial charge in [-0.25, -0.2) is 4.79 Å². The van der Waals surface area contributed by atoms with Gasteiger partial charge in [-0.15, -0.1) is 0 Å². The van der Waals surface area contributed by atoms with E-state index in [0.29, 0.717) is 22.8 Å². The summed E-state index contributed by atoms with van der Waals surface area (Å²) in [6, 6.07) is 11.0. The highest BCUT2D eigenvalue weighted by Gasteiger charge is 2.09. The third kappa shape index (κ3) is 4.22. The van der Waals surface area contributed by atoms with Crippen LogP contribution in [0.25, 0.3) is 0 Å². The van der Waals surface area contributed by atoms with Crippen molar-refractivity contribution >= 4 is 55.1 Å². The van der Waals surface area contributed by atoms with Gasteiger partial charge in [0.05, 0.1) is 23.4 Å². The molecule has 0 saturated heterocycles. The first-order valence-corrected chi connectivity index (χ1v) is 8.03. The maximum Gasteiger partial charge on any atom is 0.337 e. The quantitative estimate of drug-likeness (QED) is 0.668. The van der Waals surface area contributed by atoms with Gasteiger partial charge >= 0.3 is 5.97 Å². The molecule has 21 heavy (non-hydrogen) atoms. The summed E-state index contributed by atoms with van der Waals surface area (Å²) in [6.45, 7) is 0.593. The summed E-state index contributed by atoms with van der Waals surface area (Å²) in [5, 5.41) is 3.77. The number of carbonyl (C=O) groups is 1. The normalized spacial score (nSPS) is 10.3. The van der Waals surface area contributed by atoms with E-state index in [0.717, 1.165) is 14.5 Å². The van der Waals surface area contributed by atoms with Crippen molar-refractivity contribution in [2.75, 3.05) is 12.4 Å². The van der Waals surface area contributed by atoms with Crippen LogP contribution in [0.4, 0.5) is 5.69 Å². The molecule has 0 bridgehead atoms. The van der Waals surface area contributed by atoms with Crippen molar-refractivity contribution in [2.45, 2.75) is 6.54 Å². The first kappa shape index (κ1) is 16.3. The molecule has 0 aromatic heterocycles. The highest BCUT2D eigenvalue weighted by molar-refractivity contribution is 9.13. The standard InChI is InChI=1S/C15H12Br2ClNO2/c1-21-15(20)10-3-5-13(18)14(7-10)19-8-9-2-4-11(16)12(17)6-9/h2-7,19H,8H2,1H3. The first-order chi connectivity index (χ1) is 10.0. The molecule has 6 heteroatoms. The van der Waals surface area contributed by atoms with Crippen molar-refractivity contribution in [1.29, 1.82) is 0 Å². The number of halogens is 3. The summed E-state index contributed by atoms with van der Waals surface area (Å²) in [5.41, 5.74) is 2.24. The van der Waals surface area contributed by atoms with E-state index < -0.39 is 0 Å². The molecule has 1 N–H and O–H groups in total. The van der Waals surface area contributed by atoms with Crippen molar-refractivity contribution in [1.82, 2.24) is 0 Å². The Morgan fingerprint density at radius 2 is 1.95 bits per heavy atom. The number of methoxy groups -OCH3 is 1. The molecular weight excluding hydrogens is 421 g/mol. The summed E-state index contributed by atoms with van der Waals surface area (Å²) in [7, 11) is 1.35. The highest BCUT2D eigenvalue weighted by Crippen LogP contribution is 2.26. The number of anilines is 1. The lowest BCUT2D eigenvalue weighted by atomic mass is 10.2. The molecule has 0 aliphatic rings. The molecule has 0 unspecified atom stereocenters. The molecule has 0 atom stereocenters. The molecule has 0 aliphatic carbocycles. The predicted octanol–water partition coefficient (Wildman–Crippen LogP) is 5.26. The molecule has 2 rings (SSSR count). The smallest absolute Gasteiger partial charge is 0.337 e. The number of hydrogen-bond acceptors (Lipinski definition) is 3. The lowest BCUT2D eigenvalue weighted by Gasteiger charge is -2.10. The van der Waals surface area contributed by atoms with Crippen LogP contribution in [0, 0.1) is 0 Å². The van der Waals surface area contributed by atoms with Crippen LogP contribution in [0.5, 0.6) is 0 Å². The van der Waals surface area contributed by atoms with Crippen molar-refractivity contribution in [3.05, 3.63) is 61.5 Å². The zero-order valence-corrected chi connectivity index (χ0v) is 15.0. The van der Waals surface area contributed by atoms with Crippen LogP contribution in [0.15, 0.2) is 45.3 Å². The van der Waals surface area contributed by atoms with Gasteiger partial charge < -0.3 is 10.1 Å². The maximum absolute atomic E-state index is 11.5. The number of ether oxygens (including phenoxy) is 1. The Morgan fingerprint density at radius 3 is 2.62 bits per heavy atom.